The molecule has 4 rings (SSSR count). The molecule has 3 aromatic rings. The Balaban J connectivity index is 1.29. The Kier molecular flexibility index (Phi) is 9.78. The lowest BCUT2D eigenvalue weighted by Crippen LogP contribution is -2.42. The third-order valence-electron chi connectivity index (χ3n) is 7.29. The van der Waals surface area contributed by atoms with E-state index in [1.54, 1.807) is 13.3 Å². The quantitative estimate of drug-likeness (QED) is 0.207. The minimum Gasteiger partial charge on any atom is -0.497 e. The van der Waals surface area contributed by atoms with Crippen molar-refractivity contribution >= 4 is 45.9 Å². The van der Waals surface area contributed by atoms with Gasteiger partial charge in [-0.05, 0) is 99.3 Å². The maximum absolute atomic E-state index is 11.2. The highest BCUT2D eigenvalue weighted by atomic mass is 35.5. The molecular weight excluding hydrogens is 515 g/mol. The first kappa shape index (κ1) is 27.5. The molecule has 1 saturated heterocycles. The van der Waals surface area contributed by atoms with Crippen molar-refractivity contribution in [1.29, 1.82) is 0 Å². The Labute approximate surface area is 227 Å². The second kappa shape index (κ2) is 12.8. The maximum atomic E-state index is 11.2. The molecule has 2 aromatic carbocycles. The Bertz CT molecular complexity index is 1150. The highest BCUT2D eigenvalue weighted by Gasteiger charge is 2.34. The van der Waals surface area contributed by atoms with E-state index in [1.807, 2.05) is 48.2 Å². The summed E-state index contributed by atoms with van der Waals surface area (Å²) in [6.45, 7) is 3.12. The number of piperidine rings is 1. The van der Waals surface area contributed by atoms with Gasteiger partial charge in [0.25, 0.3) is 0 Å². The third-order valence-corrected chi connectivity index (χ3v) is 8.90. The number of likely N-dealkylation sites (tertiary alicyclic amines) is 1. The summed E-state index contributed by atoms with van der Waals surface area (Å²) < 4.78 is 5.36. The van der Waals surface area contributed by atoms with Gasteiger partial charge >= 0.3 is 0 Å². The molecule has 36 heavy (non-hydrogen) atoms. The molecule has 1 aliphatic rings. The first-order chi connectivity index (χ1) is 17.4. The summed E-state index contributed by atoms with van der Waals surface area (Å²) in [5.41, 5.74) is 1.29. The van der Waals surface area contributed by atoms with E-state index in [-0.39, 0.29) is 12.0 Å². The lowest BCUT2D eigenvalue weighted by Gasteiger charge is -2.41. The van der Waals surface area contributed by atoms with Crippen LogP contribution in [-0.4, -0.2) is 59.2 Å². The highest BCUT2D eigenvalue weighted by molar-refractivity contribution is 7.99. The van der Waals surface area contributed by atoms with Crippen LogP contribution in [0.2, 0.25) is 10.0 Å². The summed E-state index contributed by atoms with van der Waals surface area (Å²) in [6.07, 6.45) is 5.10. The number of aromatic nitrogens is 1. The minimum absolute atomic E-state index is 0.136. The van der Waals surface area contributed by atoms with Gasteiger partial charge < -0.3 is 19.8 Å². The predicted molar refractivity (Wildman–Crippen MR) is 149 cm³/mol. The van der Waals surface area contributed by atoms with E-state index in [9.17, 15) is 10.2 Å². The van der Waals surface area contributed by atoms with Gasteiger partial charge in [-0.1, -0.05) is 29.3 Å². The van der Waals surface area contributed by atoms with Crippen LogP contribution >= 0.6 is 35.0 Å². The van der Waals surface area contributed by atoms with Crippen LogP contribution in [-0.2, 0) is 0 Å². The number of benzene rings is 2. The highest BCUT2D eigenvalue weighted by Crippen LogP contribution is 2.40. The number of aliphatic hydroxyl groups is 2. The zero-order chi connectivity index (χ0) is 25.5. The number of pyridine rings is 1. The summed E-state index contributed by atoms with van der Waals surface area (Å²) in [5.74, 6) is 1.75. The van der Waals surface area contributed by atoms with E-state index in [0.717, 1.165) is 67.0 Å². The van der Waals surface area contributed by atoms with Crippen molar-refractivity contribution in [3.8, 4) is 5.75 Å². The summed E-state index contributed by atoms with van der Waals surface area (Å²) in [6, 6.07) is 13.6. The standard InChI is InChI=1S/C28H34Cl2N2O3S/c1-35-21-6-7-25-23(17-21)27(24(30)18-31-25)26(34)8-9-28(19-33)10-13-32(14-11-28)12-3-15-36-22-5-2-4-20(29)16-22/h2,4-7,16-18,26,33-34H,3,8-15,19H2,1H3/t26-/m1/s1. The van der Waals surface area contributed by atoms with E-state index >= 15 is 0 Å². The van der Waals surface area contributed by atoms with E-state index in [4.69, 9.17) is 27.9 Å². The third kappa shape index (κ3) is 6.85. The molecule has 2 N–H and O–H groups in total. The van der Waals surface area contributed by atoms with Gasteiger partial charge in [-0.25, -0.2) is 0 Å². The molecule has 0 amide bonds. The van der Waals surface area contributed by atoms with Crippen LogP contribution in [0.3, 0.4) is 0 Å². The fourth-order valence-electron chi connectivity index (χ4n) is 4.99. The maximum Gasteiger partial charge on any atom is 0.119 e. The van der Waals surface area contributed by atoms with Crippen LogP contribution in [0.1, 0.15) is 43.8 Å². The van der Waals surface area contributed by atoms with Gasteiger partial charge in [0.1, 0.15) is 5.75 Å². The number of nitrogens with zero attached hydrogens (tertiary/aromatic N) is 2. The molecule has 1 aliphatic heterocycles. The fourth-order valence-corrected chi connectivity index (χ4v) is 6.42. The molecule has 5 nitrogen and oxygen atoms in total. The molecular formula is C28H34Cl2N2O3S. The largest absolute Gasteiger partial charge is 0.497 e. The fraction of sp³-hybridized carbons (Fsp3) is 0.464. The van der Waals surface area contributed by atoms with Gasteiger partial charge in [0, 0.05) is 33.7 Å². The van der Waals surface area contributed by atoms with Crippen LogP contribution in [0, 0.1) is 5.41 Å². The Morgan fingerprint density at radius 2 is 1.97 bits per heavy atom. The number of thioether (sulfide) groups is 1. The van der Waals surface area contributed by atoms with Gasteiger partial charge in [-0.3, -0.25) is 4.98 Å². The van der Waals surface area contributed by atoms with E-state index in [2.05, 4.69) is 16.0 Å². The van der Waals surface area contributed by atoms with E-state index in [1.165, 1.54) is 4.90 Å². The average molecular weight is 550 g/mol. The van der Waals surface area contributed by atoms with E-state index in [0.29, 0.717) is 22.8 Å². The average Bonchev–Trinajstić information content (AvgIpc) is 2.90. The SMILES string of the molecule is COc1ccc2ncc(Cl)c([C@H](O)CCC3(CO)CCN(CCCSc4cccc(Cl)c4)CC3)c2c1. The Morgan fingerprint density at radius 1 is 1.17 bits per heavy atom. The number of fused-ring (bicyclic) bond motifs is 1. The Morgan fingerprint density at radius 3 is 2.69 bits per heavy atom. The van der Waals surface area contributed by atoms with E-state index < -0.39 is 6.10 Å². The van der Waals surface area contributed by atoms with Crippen molar-refractivity contribution < 1.29 is 14.9 Å². The first-order valence-electron chi connectivity index (χ1n) is 12.4. The van der Waals surface area contributed by atoms with Crippen molar-refractivity contribution in [1.82, 2.24) is 9.88 Å². The summed E-state index contributed by atoms with van der Waals surface area (Å²) in [7, 11) is 1.62. The van der Waals surface area contributed by atoms with Crippen molar-refractivity contribution in [2.24, 2.45) is 5.41 Å². The van der Waals surface area contributed by atoms with Gasteiger partial charge in [0.05, 0.1) is 23.8 Å². The van der Waals surface area contributed by atoms with Crippen molar-refractivity contribution in [2.45, 2.75) is 43.1 Å². The summed E-state index contributed by atoms with van der Waals surface area (Å²) in [5, 5.41) is 23.5. The molecule has 0 saturated carbocycles. The molecule has 0 bridgehead atoms. The zero-order valence-electron chi connectivity index (χ0n) is 20.6. The number of rotatable bonds is 11. The molecule has 8 heteroatoms. The van der Waals surface area contributed by atoms with Gasteiger partial charge in [-0.15, -0.1) is 11.8 Å². The molecule has 0 spiro atoms. The normalized spacial score (nSPS) is 16.8. The van der Waals surface area contributed by atoms with Crippen molar-refractivity contribution in [2.75, 3.05) is 39.1 Å². The molecule has 194 valence electrons. The second-order valence-corrected chi connectivity index (χ2v) is 11.6. The van der Waals surface area contributed by atoms with Gasteiger partial charge in [-0.2, -0.15) is 0 Å². The number of ether oxygens (including phenoxy) is 1. The van der Waals surface area contributed by atoms with Gasteiger partial charge in [0.15, 0.2) is 0 Å². The van der Waals surface area contributed by atoms with Crippen molar-refractivity contribution in [3.63, 3.8) is 0 Å². The molecule has 1 atom stereocenters. The van der Waals surface area contributed by atoms with Crippen LogP contribution in [0.5, 0.6) is 5.75 Å². The van der Waals surface area contributed by atoms with Crippen LogP contribution in [0.4, 0.5) is 0 Å². The second-order valence-electron chi connectivity index (χ2n) is 9.62. The molecule has 0 unspecified atom stereocenters. The Hall–Kier alpha value is -1.54. The molecule has 2 heterocycles. The molecule has 0 aliphatic carbocycles. The predicted octanol–water partition coefficient (Wildman–Crippen LogP) is 6.62. The van der Waals surface area contributed by atoms with Crippen molar-refractivity contribution in [3.05, 3.63) is 64.3 Å². The molecule has 1 fully saturated rings. The minimum atomic E-state index is -0.736. The number of methoxy groups -OCH3 is 1. The topological polar surface area (TPSA) is 65.8 Å². The van der Waals surface area contributed by atoms with Gasteiger partial charge in [0.2, 0.25) is 0 Å². The number of halogens is 2. The van der Waals surface area contributed by atoms with Crippen LogP contribution < -0.4 is 4.74 Å². The molecule has 1 aromatic heterocycles. The monoisotopic (exact) mass is 548 g/mol. The van der Waals surface area contributed by atoms with Crippen LogP contribution in [0.25, 0.3) is 10.9 Å². The lowest BCUT2D eigenvalue weighted by molar-refractivity contribution is 0.0238. The zero-order valence-corrected chi connectivity index (χ0v) is 23.0. The summed E-state index contributed by atoms with van der Waals surface area (Å²) in [4.78, 5) is 8.08. The number of hydrogen-bond donors (Lipinski definition) is 2. The number of hydrogen-bond acceptors (Lipinski definition) is 6. The smallest absolute Gasteiger partial charge is 0.119 e. The lowest BCUT2D eigenvalue weighted by atomic mass is 9.74. The molecule has 0 radical (unpaired) electrons. The number of aliphatic hydroxyl groups excluding tert-OH is 2. The summed E-state index contributed by atoms with van der Waals surface area (Å²) >= 11 is 14.4. The first-order valence-corrected chi connectivity index (χ1v) is 14.2. The van der Waals surface area contributed by atoms with Crippen LogP contribution in [0.15, 0.2) is 53.6 Å².